The Balaban J connectivity index is 1.84. The molecule has 0 fully saturated rings. The van der Waals surface area contributed by atoms with Gasteiger partial charge in [-0.3, -0.25) is 19.1 Å². The van der Waals surface area contributed by atoms with Crippen molar-refractivity contribution in [2.24, 2.45) is 0 Å². The molecule has 0 unspecified atom stereocenters. The number of carbonyl (C=O) groups is 1. The van der Waals surface area contributed by atoms with Crippen molar-refractivity contribution in [2.75, 3.05) is 6.54 Å². The number of aromatic nitrogens is 2. The molecular weight excluding hydrogens is 318 g/mol. The first-order valence-corrected chi connectivity index (χ1v) is 9.12. The van der Waals surface area contributed by atoms with Crippen molar-refractivity contribution in [3.63, 3.8) is 0 Å². The predicted octanol–water partition coefficient (Wildman–Crippen LogP) is 2.56. The molecule has 1 amide bonds. The summed E-state index contributed by atoms with van der Waals surface area (Å²) in [5.74, 6) is -0.217. The van der Waals surface area contributed by atoms with Crippen LogP contribution in [0.15, 0.2) is 33.9 Å². The van der Waals surface area contributed by atoms with Gasteiger partial charge in [0.2, 0.25) is 5.91 Å². The molecule has 0 saturated heterocycles. The third kappa shape index (κ3) is 5.59. The van der Waals surface area contributed by atoms with Crippen LogP contribution in [-0.4, -0.2) is 22.0 Å². The fourth-order valence-electron chi connectivity index (χ4n) is 2.91. The van der Waals surface area contributed by atoms with Gasteiger partial charge in [-0.1, -0.05) is 57.6 Å². The molecule has 0 aliphatic carbocycles. The summed E-state index contributed by atoms with van der Waals surface area (Å²) in [6.07, 6.45) is 8.31. The van der Waals surface area contributed by atoms with Crippen LogP contribution in [0.4, 0.5) is 0 Å². The van der Waals surface area contributed by atoms with Gasteiger partial charge in [0.15, 0.2) is 0 Å². The van der Waals surface area contributed by atoms with E-state index >= 15 is 0 Å². The van der Waals surface area contributed by atoms with E-state index in [1.807, 2.05) is 0 Å². The first-order valence-electron chi connectivity index (χ1n) is 9.12. The predicted molar refractivity (Wildman–Crippen MR) is 99.8 cm³/mol. The van der Waals surface area contributed by atoms with Gasteiger partial charge in [0.1, 0.15) is 6.54 Å². The monoisotopic (exact) mass is 345 g/mol. The van der Waals surface area contributed by atoms with Crippen molar-refractivity contribution in [1.29, 1.82) is 0 Å². The molecule has 0 aliphatic heterocycles. The molecule has 1 aromatic heterocycles. The van der Waals surface area contributed by atoms with Crippen LogP contribution in [0.1, 0.15) is 51.9 Å². The van der Waals surface area contributed by atoms with Gasteiger partial charge in [-0.2, -0.15) is 0 Å². The third-order valence-electron chi connectivity index (χ3n) is 4.31. The minimum absolute atomic E-state index is 0.0906. The van der Waals surface area contributed by atoms with Gasteiger partial charge >= 0.3 is 5.69 Å². The van der Waals surface area contributed by atoms with Crippen molar-refractivity contribution >= 4 is 16.8 Å². The molecule has 6 nitrogen and oxygen atoms in total. The molecule has 0 aliphatic rings. The average molecular weight is 345 g/mol. The van der Waals surface area contributed by atoms with Gasteiger partial charge in [-0.25, -0.2) is 4.79 Å². The zero-order chi connectivity index (χ0) is 18.1. The highest BCUT2D eigenvalue weighted by Gasteiger charge is 2.10. The van der Waals surface area contributed by atoms with Crippen LogP contribution in [0.3, 0.4) is 0 Å². The van der Waals surface area contributed by atoms with Crippen LogP contribution < -0.4 is 16.6 Å². The van der Waals surface area contributed by atoms with E-state index < -0.39 is 11.2 Å². The topological polar surface area (TPSA) is 84.0 Å². The second-order valence-electron chi connectivity index (χ2n) is 6.33. The summed E-state index contributed by atoms with van der Waals surface area (Å²) in [6, 6.07) is 6.79. The lowest BCUT2D eigenvalue weighted by molar-refractivity contribution is -0.121. The molecule has 1 aromatic carbocycles. The third-order valence-corrected chi connectivity index (χ3v) is 4.31. The Morgan fingerprint density at radius 2 is 1.72 bits per heavy atom. The molecule has 2 N–H and O–H groups in total. The first kappa shape index (κ1) is 19.0. The minimum atomic E-state index is -0.560. The molecule has 2 aromatic rings. The van der Waals surface area contributed by atoms with Crippen molar-refractivity contribution in [3.8, 4) is 0 Å². The summed E-state index contributed by atoms with van der Waals surface area (Å²) < 4.78 is 1.30. The maximum Gasteiger partial charge on any atom is 0.329 e. The normalized spacial score (nSPS) is 10.9. The highest BCUT2D eigenvalue weighted by atomic mass is 16.2. The number of para-hydroxylation sites is 1. The van der Waals surface area contributed by atoms with Crippen LogP contribution in [-0.2, 0) is 11.3 Å². The summed E-state index contributed by atoms with van der Waals surface area (Å²) in [4.78, 5) is 38.2. The molecule has 136 valence electrons. The van der Waals surface area contributed by atoms with Crippen molar-refractivity contribution in [3.05, 3.63) is 45.1 Å². The number of hydrogen-bond donors (Lipinski definition) is 2. The lowest BCUT2D eigenvalue weighted by Crippen LogP contribution is -2.36. The summed E-state index contributed by atoms with van der Waals surface area (Å²) in [6.45, 7) is 2.72. The first-order chi connectivity index (χ1) is 12.1. The highest BCUT2D eigenvalue weighted by Crippen LogP contribution is 2.07. The Morgan fingerprint density at radius 1 is 1.04 bits per heavy atom. The number of nitrogens with one attached hydrogen (secondary N) is 2. The van der Waals surface area contributed by atoms with E-state index in [4.69, 9.17) is 0 Å². The number of rotatable bonds is 10. The van der Waals surface area contributed by atoms with E-state index in [1.54, 1.807) is 24.3 Å². The van der Waals surface area contributed by atoms with Crippen molar-refractivity contribution in [2.45, 2.75) is 58.4 Å². The smallest absolute Gasteiger partial charge is 0.329 e. The molecule has 1 heterocycles. The lowest BCUT2D eigenvalue weighted by Gasteiger charge is -2.10. The van der Waals surface area contributed by atoms with Crippen LogP contribution in [0.5, 0.6) is 0 Å². The largest absolute Gasteiger partial charge is 0.355 e. The second-order valence-corrected chi connectivity index (χ2v) is 6.33. The number of nitrogens with zero attached hydrogens (tertiary/aromatic N) is 1. The Bertz CT molecular complexity index is 807. The Morgan fingerprint density at radius 3 is 2.48 bits per heavy atom. The molecule has 2 rings (SSSR count). The fourth-order valence-corrected chi connectivity index (χ4v) is 2.91. The molecule has 0 radical (unpaired) electrons. The Hall–Kier alpha value is -2.37. The summed E-state index contributed by atoms with van der Waals surface area (Å²) in [5.41, 5.74) is -0.516. The zero-order valence-corrected chi connectivity index (χ0v) is 14.8. The van der Waals surface area contributed by atoms with Crippen LogP contribution in [0, 0.1) is 0 Å². The van der Waals surface area contributed by atoms with Gasteiger partial charge in [0.25, 0.3) is 5.56 Å². The molecule has 0 spiro atoms. The van der Waals surface area contributed by atoms with E-state index in [0.717, 1.165) is 12.8 Å². The fraction of sp³-hybridized carbons (Fsp3) is 0.526. The lowest BCUT2D eigenvalue weighted by atomic mass is 10.1. The minimum Gasteiger partial charge on any atom is -0.355 e. The van der Waals surface area contributed by atoms with Crippen LogP contribution in [0.25, 0.3) is 10.9 Å². The number of hydrogen-bond acceptors (Lipinski definition) is 3. The second kappa shape index (κ2) is 9.81. The number of amides is 1. The Kier molecular flexibility index (Phi) is 7.44. The molecule has 25 heavy (non-hydrogen) atoms. The number of carbonyl (C=O) groups excluding carboxylic acids is 1. The number of fused-ring (bicyclic) bond motifs is 1. The SMILES string of the molecule is CCCCCCCCCNC(=O)Cn1c(=O)[nH]c(=O)c2ccccc21. The van der Waals surface area contributed by atoms with Crippen molar-refractivity contribution < 1.29 is 4.79 Å². The molecule has 0 saturated carbocycles. The van der Waals surface area contributed by atoms with E-state index in [-0.39, 0.29) is 12.5 Å². The van der Waals surface area contributed by atoms with Gasteiger partial charge in [0.05, 0.1) is 10.9 Å². The maximum absolute atomic E-state index is 12.1. The van der Waals surface area contributed by atoms with Gasteiger partial charge in [0, 0.05) is 6.54 Å². The number of unbranched alkanes of at least 4 members (excludes halogenated alkanes) is 6. The van der Waals surface area contributed by atoms with Crippen LogP contribution in [0.2, 0.25) is 0 Å². The Labute approximate surface area is 147 Å². The number of aromatic amines is 1. The van der Waals surface area contributed by atoms with Gasteiger partial charge < -0.3 is 5.32 Å². The van der Waals surface area contributed by atoms with Crippen molar-refractivity contribution in [1.82, 2.24) is 14.9 Å². The summed E-state index contributed by atoms with van der Waals surface area (Å²) in [5, 5.41) is 3.25. The van der Waals surface area contributed by atoms with Crippen LogP contribution >= 0.6 is 0 Å². The van der Waals surface area contributed by atoms with E-state index in [0.29, 0.717) is 17.4 Å². The van der Waals surface area contributed by atoms with E-state index in [2.05, 4.69) is 17.2 Å². The van der Waals surface area contributed by atoms with Gasteiger partial charge in [-0.05, 0) is 18.6 Å². The highest BCUT2D eigenvalue weighted by molar-refractivity contribution is 5.81. The van der Waals surface area contributed by atoms with E-state index in [9.17, 15) is 14.4 Å². The molecule has 0 bridgehead atoms. The standard InChI is InChI=1S/C19H27N3O3/c1-2-3-4-5-6-7-10-13-20-17(23)14-22-16-12-9-8-11-15(16)18(24)21-19(22)25/h8-9,11-12H,2-7,10,13-14H2,1H3,(H,20,23)(H,21,24,25). The van der Waals surface area contributed by atoms with Gasteiger partial charge in [-0.15, -0.1) is 0 Å². The summed E-state index contributed by atoms with van der Waals surface area (Å²) in [7, 11) is 0. The number of H-pyrrole nitrogens is 1. The molecule has 0 atom stereocenters. The molecule has 6 heteroatoms. The summed E-state index contributed by atoms with van der Waals surface area (Å²) >= 11 is 0. The number of benzene rings is 1. The zero-order valence-electron chi connectivity index (χ0n) is 14.8. The average Bonchev–Trinajstić information content (AvgIpc) is 2.61. The quantitative estimate of drug-likeness (QED) is 0.649. The maximum atomic E-state index is 12.1. The molecular formula is C19H27N3O3. The van der Waals surface area contributed by atoms with E-state index in [1.165, 1.54) is 36.7 Å².